The average molecular weight is 209 g/mol. The minimum atomic E-state index is 0.611. The lowest BCUT2D eigenvalue weighted by atomic mass is 10.1. The Morgan fingerprint density at radius 3 is 2.92 bits per heavy atom. The van der Waals surface area contributed by atoms with Crippen LogP contribution in [0.2, 0.25) is 0 Å². The molecule has 1 nitrogen and oxygen atoms in total. The van der Waals surface area contributed by atoms with Crippen molar-refractivity contribution in [3.63, 3.8) is 0 Å². The molecule has 0 atom stereocenters. The molecule has 1 aromatic heterocycles. The summed E-state index contributed by atoms with van der Waals surface area (Å²) in [6.45, 7) is 0.611. The molecule has 0 radical (unpaired) electrons. The van der Waals surface area contributed by atoms with Gasteiger partial charge in [0.15, 0.2) is 0 Å². The Bertz CT molecular complexity index is 420. The molecule has 0 bridgehead atoms. The molecule has 1 aromatic carbocycles. The molecular formula is C10H11NS2. The van der Waals surface area contributed by atoms with E-state index in [2.05, 4.69) is 36.9 Å². The van der Waals surface area contributed by atoms with Crippen molar-refractivity contribution in [2.75, 3.05) is 0 Å². The largest absolute Gasteiger partial charge is 0.326 e. The molecule has 2 N–H and O–H groups in total. The number of nitrogens with two attached hydrogens (primary N) is 1. The summed E-state index contributed by atoms with van der Waals surface area (Å²) in [7, 11) is 0. The van der Waals surface area contributed by atoms with E-state index in [1.165, 1.54) is 20.5 Å². The molecule has 0 aliphatic heterocycles. The highest BCUT2D eigenvalue weighted by Crippen LogP contribution is 2.28. The van der Waals surface area contributed by atoms with Crippen molar-refractivity contribution in [1.29, 1.82) is 0 Å². The predicted molar refractivity (Wildman–Crippen MR) is 62.4 cm³/mol. The van der Waals surface area contributed by atoms with Gasteiger partial charge in [-0.15, -0.1) is 11.3 Å². The van der Waals surface area contributed by atoms with Crippen LogP contribution in [0.5, 0.6) is 0 Å². The van der Waals surface area contributed by atoms with Crippen LogP contribution in [0.4, 0.5) is 0 Å². The second kappa shape index (κ2) is 3.70. The Morgan fingerprint density at radius 2 is 2.23 bits per heavy atom. The predicted octanol–water partition coefficient (Wildman–Crippen LogP) is 2.79. The van der Waals surface area contributed by atoms with Gasteiger partial charge in [-0.25, -0.2) is 0 Å². The minimum absolute atomic E-state index is 0.611. The third kappa shape index (κ3) is 1.59. The second-order valence-electron chi connectivity index (χ2n) is 2.90. The van der Waals surface area contributed by atoms with Crippen molar-refractivity contribution in [3.8, 4) is 0 Å². The van der Waals surface area contributed by atoms with E-state index in [1.807, 2.05) is 0 Å². The lowest BCUT2D eigenvalue weighted by Gasteiger charge is -1.96. The molecule has 1 heterocycles. The molecule has 0 saturated heterocycles. The first-order valence-electron chi connectivity index (χ1n) is 4.16. The van der Waals surface area contributed by atoms with Crippen molar-refractivity contribution < 1.29 is 0 Å². The maximum absolute atomic E-state index is 5.65. The van der Waals surface area contributed by atoms with Crippen molar-refractivity contribution in [1.82, 2.24) is 0 Å². The summed E-state index contributed by atoms with van der Waals surface area (Å²) >= 11 is 6.06. The third-order valence-corrected chi connectivity index (χ3v) is 3.73. The van der Waals surface area contributed by atoms with E-state index in [0.29, 0.717) is 6.54 Å². The van der Waals surface area contributed by atoms with Crippen LogP contribution in [-0.2, 0) is 12.3 Å². The van der Waals surface area contributed by atoms with E-state index in [-0.39, 0.29) is 0 Å². The van der Waals surface area contributed by atoms with Crippen LogP contribution in [-0.4, -0.2) is 0 Å². The van der Waals surface area contributed by atoms with Gasteiger partial charge in [0.25, 0.3) is 0 Å². The fourth-order valence-electron chi connectivity index (χ4n) is 1.43. The zero-order valence-corrected chi connectivity index (χ0v) is 8.87. The monoisotopic (exact) mass is 209 g/mol. The number of benzene rings is 1. The first kappa shape index (κ1) is 9.06. The van der Waals surface area contributed by atoms with Crippen LogP contribution < -0.4 is 5.73 Å². The van der Waals surface area contributed by atoms with Gasteiger partial charge in [0.1, 0.15) is 0 Å². The molecule has 0 aliphatic carbocycles. The Balaban J connectivity index is 2.67. The van der Waals surface area contributed by atoms with Gasteiger partial charge in [0, 0.05) is 21.9 Å². The van der Waals surface area contributed by atoms with E-state index < -0.39 is 0 Å². The lowest BCUT2D eigenvalue weighted by Crippen LogP contribution is -1.95. The molecule has 68 valence electrons. The summed E-state index contributed by atoms with van der Waals surface area (Å²) in [5, 5.41) is 1.29. The van der Waals surface area contributed by atoms with E-state index in [9.17, 15) is 0 Å². The standard InChI is InChI=1S/C10H11NS2/c11-5-7-2-1-3-10-9(7)4-8(6-12)13-10/h1-4,12H,5-6,11H2. The molecular weight excluding hydrogens is 198 g/mol. The summed E-state index contributed by atoms with van der Waals surface area (Å²) in [6.07, 6.45) is 0. The van der Waals surface area contributed by atoms with Gasteiger partial charge in [0.2, 0.25) is 0 Å². The van der Waals surface area contributed by atoms with Crippen LogP contribution in [0.25, 0.3) is 10.1 Å². The van der Waals surface area contributed by atoms with Crippen LogP contribution in [0.15, 0.2) is 24.3 Å². The van der Waals surface area contributed by atoms with E-state index in [4.69, 9.17) is 5.73 Å². The SMILES string of the molecule is NCc1cccc2sc(CS)cc12. The molecule has 2 rings (SSSR count). The van der Waals surface area contributed by atoms with Crippen molar-refractivity contribution in [2.24, 2.45) is 5.73 Å². The molecule has 0 amide bonds. The maximum atomic E-state index is 5.65. The van der Waals surface area contributed by atoms with Crippen molar-refractivity contribution in [2.45, 2.75) is 12.3 Å². The zero-order chi connectivity index (χ0) is 9.26. The molecule has 0 aliphatic rings. The van der Waals surface area contributed by atoms with E-state index >= 15 is 0 Å². The number of fused-ring (bicyclic) bond motifs is 1. The zero-order valence-electron chi connectivity index (χ0n) is 7.16. The van der Waals surface area contributed by atoms with Crippen LogP contribution in [0, 0.1) is 0 Å². The van der Waals surface area contributed by atoms with Crippen LogP contribution in [0.3, 0.4) is 0 Å². The topological polar surface area (TPSA) is 26.0 Å². The summed E-state index contributed by atoms with van der Waals surface area (Å²) in [4.78, 5) is 1.30. The van der Waals surface area contributed by atoms with Gasteiger partial charge in [-0.2, -0.15) is 12.6 Å². The number of hydrogen-bond donors (Lipinski definition) is 2. The smallest absolute Gasteiger partial charge is 0.0349 e. The Hall–Kier alpha value is -0.510. The third-order valence-electron chi connectivity index (χ3n) is 2.08. The highest BCUT2D eigenvalue weighted by atomic mass is 32.1. The maximum Gasteiger partial charge on any atom is 0.0349 e. The Morgan fingerprint density at radius 1 is 1.38 bits per heavy atom. The van der Waals surface area contributed by atoms with Gasteiger partial charge in [0.05, 0.1) is 0 Å². The Labute approximate surface area is 87.0 Å². The molecule has 13 heavy (non-hydrogen) atoms. The fourth-order valence-corrected chi connectivity index (χ4v) is 2.69. The van der Waals surface area contributed by atoms with E-state index in [1.54, 1.807) is 11.3 Å². The van der Waals surface area contributed by atoms with Gasteiger partial charge in [-0.1, -0.05) is 12.1 Å². The summed E-state index contributed by atoms with van der Waals surface area (Å²) in [6, 6.07) is 8.46. The molecule has 0 fully saturated rings. The molecule has 0 saturated carbocycles. The molecule has 0 unspecified atom stereocenters. The normalized spacial score (nSPS) is 10.9. The highest BCUT2D eigenvalue weighted by Gasteiger charge is 2.03. The summed E-state index contributed by atoms with van der Waals surface area (Å²) in [5.74, 6) is 0.809. The second-order valence-corrected chi connectivity index (χ2v) is 4.39. The first-order valence-corrected chi connectivity index (χ1v) is 5.61. The van der Waals surface area contributed by atoms with Gasteiger partial charge < -0.3 is 5.73 Å². The fraction of sp³-hybridized carbons (Fsp3) is 0.200. The van der Waals surface area contributed by atoms with Gasteiger partial charge >= 0.3 is 0 Å². The average Bonchev–Trinajstić information content (AvgIpc) is 2.59. The number of thiophene rings is 1. The molecule has 3 heteroatoms. The number of thiol groups is 1. The van der Waals surface area contributed by atoms with E-state index in [0.717, 1.165) is 5.75 Å². The molecule has 2 aromatic rings. The highest BCUT2D eigenvalue weighted by molar-refractivity contribution is 7.79. The number of rotatable bonds is 2. The first-order chi connectivity index (χ1) is 6.35. The van der Waals surface area contributed by atoms with Gasteiger partial charge in [-0.3, -0.25) is 0 Å². The molecule has 0 spiro atoms. The lowest BCUT2D eigenvalue weighted by molar-refractivity contribution is 1.09. The van der Waals surface area contributed by atoms with Crippen LogP contribution >= 0.6 is 24.0 Å². The van der Waals surface area contributed by atoms with Crippen LogP contribution in [0.1, 0.15) is 10.4 Å². The van der Waals surface area contributed by atoms with Crippen molar-refractivity contribution in [3.05, 3.63) is 34.7 Å². The number of hydrogen-bond acceptors (Lipinski definition) is 3. The van der Waals surface area contributed by atoms with Gasteiger partial charge in [-0.05, 0) is 23.1 Å². The summed E-state index contributed by atoms with van der Waals surface area (Å²) < 4.78 is 1.31. The Kier molecular flexibility index (Phi) is 2.58. The summed E-state index contributed by atoms with van der Waals surface area (Å²) in [5.41, 5.74) is 6.88. The quantitative estimate of drug-likeness (QED) is 0.731. The van der Waals surface area contributed by atoms with Crippen molar-refractivity contribution >= 4 is 34.1 Å². The minimum Gasteiger partial charge on any atom is -0.326 e.